The third-order valence-corrected chi connectivity index (χ3v) is 14.4. The SMILES string of the molecule is CCCCCCN(CCCCCC)c1ccc2c(c1)Oc1cc3c(cc1[C@]21OC(=O)c2ccccc21)[C@@]1(OC(=O)c2ccccc21)c1ccc(N(CCCCCC)CCCCCC)cc1O3. The molecule has 0 aromatic heterocycles. The van der Waals surface area contributed by atoms with Gasteiger partial charge in [-0.05, 0) is 68.1 Å². The molecule has 0 fully saturated rings. The molecule has 66 heavy (non-hydrogen) atoms. The molecule has 4 aliphatic heterocycles. The van der Waals surface area contributed by atoms with Crippen LogP contribution in [-0.4, -0.2) is 38.1 Å². The van der Waals surface area contributed by atoms with Crippen LogP contribution in [0.5, 0.6) is 23.0 Å². The minimum absolute atomic E-state index is 0.393. The smallest absolute Gasteiger partial charge is 0.340 e. The van der Waals surface area contributed by atoms with Gasteiger partial charge in [-0.1, -0.05) is 141 Å². The van der Waals surface area contributed by atoms with Crippen LogP contribution in [0, 0.1) is 0 Å². The van der Waals surface area contributed by atoms with Gasteiger partial charge in [0.1, 0.15) is 23.0 Å². The summed E-state index contributed by atoms with van der Waals surface area (Å²) in [6, 6.07) is 32.1. The largest absolute Gasteiger partial charge is 0.456 e. The van der Waals surface area contributed by atoms with Crippen molar-refractivity contribution < 1.29 is 28.5 Å². The van der Waals surface area contributed by atoms with E-state index in [4.69, 9.17) is 18.9 Å². The highest BCUT2D eigenvalue weighted by molar-refractivity contribution is 5.98. The Morgan fingerprint density at radius 3 is 1.12 bits per heavy atom. The van der Waals surface area contributed by atoms with Gasteiger partial charge in [0.15, 0.2) is 11.2 Å². The van der Waals surface area contributed by atoms with Crippen molar-refractivity contribution in [3.8, 4) is 23.0 Å². The lowest BCUT2D eigenvalue weighted by Gasteiger charge is -2.41. The summed E-state index contributed by atoms with van der Waals surface area (Å²) in [4.78, 5) is 33.2. The van der Waals surface area contributed by atoms with Crippen molar-refractivity contribution in [1.82, 2.24) is 0 Å². The molecule has 0 radical (unpaired) electrons. The number of benzene rings is 5. The lowest BCUT2D eigenvalue weighted by molar-refractivity contribution is 0.0208. The van der Waals surface area contributed by atoms with Crippen LogP contribution in [0.4, 0.5) is 11.4 Å². The molecule has 0 amide bonds. The fraction of sp³-hybridized carbons (Fsp3) is 0.448. The summed E-state index contributed by atoms with van der Waals surface area (Å²) >= 11 is 0. The number of hydrogen-bond donors (Lipinski definition) is 0. The number of carbonyl (C=O) groups excluding carboxylic acids is 2. The van der Waals surface area contributed by atoms with Crippen LogP contribution >= 0.6 is 0 Å². The molecule has 0 aliphatic carbocycles. The summed E-state index contributed by atoms with van der Waals surface area (Å²) in [5.74, 6) is 1.56. The zero-order valence-electron chi connectivity index (χ0n) is 39.7. The van der Waals surface area contributed by atoms with Crippen molar-refractivity contribution >= 4 is 23.3 Å². The van der Waals surface area contributed by atoms with Gasteiger partial charge in [-0.2, -0.15) is 0 Å². The molecule has 0 saturated carbocycles. The zero-order chi connectivity index (χ0) is 45.7. The highest BCUT2D eigenvalue weighted by Crippen LogP contribution is 2.62. The van der Waals surface area contributed by atoms with Crippen LogP contribution in [0.25, 0.3) is 0 Å². The minimum atomic E-state index is -1.33. The molecule has 2 atom stereocenters. The predicted octanol–water partition coefficient (Wildman–Crippen LogP) is 14.8. The fourth-order valence-corrected chi connectivity index (χ4v) is 10.9. The van der Waals surface area contributed by atoms with Gasteiger partial charge in [-0.15, -0.1) is 0 Å². The number of esters is 2. The molecule has 4 aliphatic rings. The van der Waals surface area contributed by atoms with Crippen LogP contribution in [0.2, 0.25) is 0 Å². The Kier molecular flexibility index (Phi) is 13.8. The Labute approximate surface area is 392 Å². The van der Waals surface area contributed by atoms with E-state index in [2.05, 4.69) is 73.9 Å². The number of unbranched alkanes of at least 4 members (excludes halogenated alkanes) is 12. The Balaban J connectivity index is 1.18. The van der Waals surface area contributed by atoms with Crippen molar-refractivity contribution in [2.45, 2.75) is 142 Å². The first kappa shape index (κ1) is 45.4. The second-order valence-electron chi connectivity index (χ2n) is 18.9. The summed E-state index contributed by atoms with van der Waals surface area (Å²) in [7, 11) is 0. The van der Waals surface area contributed by atoms with Crippen molar-refractivity contribution in [1.29, 1.82) is 0 Å². The van der Waals surface area contributed by atoms with Gasteiger partial charge in [-0.3, -0.25) is 0 Å². The summed E-state index contributed by atoms with van der Waals surface area (Å²) in [6.45, 7) is 12.9. The third kappa shape index (κ3) is 8.23. The van der Waals surface area contributed by atoms with Gasteiger partial charge < -0.3 is 28.7 Å². The maximum atomic E-state index is 14.1. The molecule has 0 unspecified atom stereocenters. The van der Waals surface area contributed by atoms with E-state index in [9.17, 15) is 9.59 Å². The summed E-state index contributed by atoms with van der Waals surface area (Å²) in [5.41, 5.74) is 4.88. The molecular weight excluding hydrogens is 821 g/mol. The standard InChI is InChI=1S/C58H68N2O6/c1-5-9-13-21-33-59(34-22-14-10-6-2)41-29-31-47-51(37-41)63-53-40-54-50(39-49(53)57(47)45-27-19-17-25-43(45)55(61)65-57)58(46-28-20-18-26-44(46)56(62)66-58)48-32-30-42(38-52(48)64-54)60(35-23-15-11-7-3)36-24-16-12-8-4/h17-20,25-32,37-40H,5-16,21-24,33-36H2,1-4H3/t57-,58+. The van der Waals surface area contributed by atoms with Gasteiger partial charge >= 0.3 is 11.9 Å². The van der Waals surface area contributed by atoms with E-state index in [1.165, 1.54) is 77.0 Å². The zero-order valence-corrected chi connectivity index (χ0v) is 39.7. The van der Waals surface area contributed by atoms with Crippen LogP contribution in [0.15, 0.2) is 97.1 Å². The Hall–Kier alpha value is -5.76. The van der Waals surface area contributed by atoms with E-state index < -0.39 is 23.1 Å². The van der Waals surface area contributed by atoms with E-state index in [0.29, 0.717) is 45.3 Å². The van der Waals surface area contributed by atoms with Gasteiger partial charge in [0.25, 0.3) is 0 Å². The molecule has 8 heteroatoms. The third-order valence-electron chi connectivity index (χ3n) is 14.4. The number of rotatable bonds is 22. The number of anilines is 2. The number of fused-ring (bicyclic) bond motifs is 12. The lowest BCUT2D eigenvalue weighted by Crippen LogP contribution is -2.37. The molecule has 8 nitrogen and oxygen atoms in total. The monoisotopic (exact) mass is 889 g/mol. The summed E-state index contributed by atoms with van der Waals surface area (Å²) < 4.78 is 27.6. The van der Waals surface area contributed by atoms with Crippen molar-refractivity contribution in [2.75, 3.05) is 36.0 Å². The van der Waals surface area contributed by atoms with E-state index in [1.807, 2.05) is 60.7 Å². The number of ether oxygens (including phenoxy) is 4. The van der Waals surface area contributed by atoms with Crippen molar-refractivity contribution in [2.24, 2.45) is 0 Å². The van der Waals surface area contributed by atoms with E-state index in [-0.39, 0.29) is 0 Å². The topological polar surface area (TPSA) is 77.5 Å². The first-order valence-electron chi connectivity index (χ1n) is 25.4. The molecule has 5 aromatic rings. The van der Waals surface area contributed by atoms with Gasteiger partial charge in [-0.25, -0.2) is 9.59 Å². The van der Waals surface area contributed by atoms with Crippen molar-refractivity contribution in [3.05, 3.63) is 142 Å². The average Bonchev–Trinajstić information content (AvgIpc) is 3.80. The minimum Gasteiger partial charge on any atom is -0.456 e. The molecule has 2 spiro atoms. The predicted molar refractivity (Wildman–Crippen MR) is 264 cm³/mol. The molecule has 4 heterocycles. The summed E-state index contributed by atoms with van der Waals surface area (Å²) in [6.07, 6.45) is 18.9. The second-order valence-corrected chi connectivity index (χ2v) is 18.9. The Bertz CT molecular complexity index is 2360. The van der Waals surface area contributed by atoms with Crippen molar-refractivity contribution in [3.63, 3.8) is 0 Å². The van der Waals surface area contributed by atoms with Crippen LogP contribution in [-0.2, 0) is 20.7 Å². The first-order chi connectivity index (χ1) is 32.4. The maximum Gasteiger partial charge on any atom is 0.340 e. The Morgan fingerprint density at radius 2 is 0.742 bits per heavy atom. The first-order valence-corrected chi connectivity index (χ1v) is 25.4. The molecule has 9 rings (SSSR count). The van der Waals surface area contributed by atoms with E-state index in [1.54, 1.807) is 0 Å². The number of nitrogens with zero attached hydrogens (tertiary/aromatic N) is 2. The average molecular weight is 889 g/mol. The van der Waals surface area contributed by atoms with E-state index >= 15 is 0 Å². The van der Waals surface area contributed by atoms with Gasteiger partial charge in [0.2, 0.25) is 0 Å². The van der Waals surface area contributed by atoms with Crippen LogP contribution in [0.1, 0.15) is 185 Å². The number of carbonyl (C=O) groups is 2. The lowest BCUT2D eigenvalue weighted by atomic mass is 9.73. The summed E-state index contributed by atoms with van der Waals surface area (Å²) in [5, 5.41) is 0. The quantitative estimate of drug-likeness (QED) is 0.0502. The Morgan fingerprint density at radius 1 is 0.379 bits per heavy atom. The van der Waals surface area contributed by atoms with Crippen LogP contribution in [0.3, 0.4) is 0 Å². The van der Waals surface area contributed by atoms with Gasteiger partial charge in [0, 0.05) is 89.1 Å². The van der Waals surface area contributed by atoms with Crippen LogP contribution < -0.4 is 19.3 Å². The molecular formula is C58H68N2O6. The second kappa shape index (κ2) is 20.0. The number of hydrogen-bond acceptors (Lipinski definition) is 8. The molecule has 0 saturated heterocycles. The fourth-order valence-electron chi connectivity index (χ4n) is 10.9. The maximum absolute atomic E-state index is 14.1. The highest BCUT2D eigenvalue weighted by atomic mass is 16.6. The molecule has 0 bridgehead atoms. The molecule has 5 aromatic carbocycles. The normalized spacial score (nSPS) is 18.1. The highest BCUT2D eigenvalue weighted by Gasteiger charge is 2.58. The van der Waals surface area contributed by atoms with Gasteiger partial charge in [0.05, 0.1) is 11.1 Å². The van der Waals surface area contributed by atoms with E-state index in [0.717, 1.165) is 85.5 Å². The molecule has 346 valence electrons. The molecule has 0 N–H and O–H groups in total.